The van der Waals surface area contributed by atoms with Gasteiger partial charge < -0.3 is 9.15 Å². The van der Waals surface area contributed by atoms with Gasteiger partial charge in [0.15, 0.2) is 0 Å². The average molecular weight is 360 g/mol. The molecule has 0 spiro atoms. The molecule has 0 aliphatic carbocycles. The lowest BCUT2D eigenvalue weighted by Crippen LogP contribution is -2.27. The first-order valence-corrected chi connectivity index (χ1v) is 8.81. The van der Waals surface area contributed by atoms with E-state index in [-0.39, 0.29) is 11.9 Å². The van der Waals surface area contributed by atoms with Gasteiger partial charge in [0.1, 0.15) is 17.2 Å². The minimum absolute atomic E-state index is 0.165. The molecule has 1 aliphatic heterocycles. The molecule has 0 saturated heterocycles. The number of nitrogens with zero attached hydrogens (tertiary/aromatic N) is 2. The Labute approximate surface area is 157 Å². The number of hydrogen-bond donors (Lipinski definition) is 0. The predicted octanol–water partition coefficient (Wildman–Crippen LogP) is 4.59. The van der Waals surface area contributed by atoms with Crippen molar-refractivity contribution >= 4 is 11.6 Å². The monoisotopic (exact) mass is 360 g/mol. The summed E-state index contributed by atoms with van der Waals surface area (Å²) in [5.74, 6) is 1.16. The molecule has 0 N–H and O–H groups in total. The molecule has 1 amide bonds. The summed E-state index contributed by atoms with van der Waals surface area (Å²) < 4.78 is 10.8. The van der Waals surface area contributed by atoms with Crippen LogP contribution in [0.4, 0.5) is 0 Å². The van der Waals surface area contributed by atoms with E-state index in [2.05, 4.69) is 11.2 Å². The fraction of sp³-hybridized carbons (Fsp3) is 0.182. The van der Waals surface area contributed by atoms with Crippen molar-refractivity contribution in [1.82, 2.24) is 5.01 Å². The summed E-state index contributed by atoms with van der Waals surface area (Å²) in [5, 5.41) is 6.17. The predicted molar refractivity (Wildman–Crippen MR) is 103 cm³/mol. The smallest absolute Gasteiger partial charge is 0.274 e. The number of hydrogen-bond acceptors (Lipinski definition) is 4. The van der Waals surface area contributed by atoms with Gasteiger partial charge in [0.05, 0.1) is 19.4 Å². The van der Waals surface area contributed by atoms with Crippen LogP contribution < -0.4 is 4.74 Å². The number of ether oxygens (including phenoxy) is 1. The van der Waals surface area contributed by atoms with Crippen LogP contribution in [-0.2, 0) is 0 Å². The van der Waals surface area contributed by atoms with Crippen molar-refractivity contribution in [2.75, 3.05) is 7.11 Å². The molecule has 136 valence electrons. The Balaban J connectivity index is 1.73. The standard InChI is InChI=1S/C22H20N2O3/c1-15-6-3-7-16(12-15)20-14-19(21-10-5-11-27-21)23-24(20)22(25)17-8-4-9-18(13-17)26-2/h3-13,20H,14H2,1-2H3. The van der Waals surface area contributed by atoms with Crippen molar-refractivity contribution in [1.29, 1.82) is 0 Å². The van der Waals surface area contributed by atoms with Gasteiger partial charge in [-0.2, -0.15) is 5.10 Å². The number of furan rings is 1. The van der Waals surface area contributed by atoms with Gasteiger partial charge in [0.2, 0.25) is 0 Å². The Morgan fingerprint density at radius 3 is 2.74 bits per heavy atom. The molecule has 0 saturated carbocycles. The van der Waals surface area contributed by atoms with Crippen LogP contribution in [0.15, 0.2) is 76.4 Å². The van der Waals surface area contributed by atoms with Gasteiger partial charge in [0.25, 0.3) is 5.91 Å². The van der Waals surface area contributed by atoms with Gasteiger partial charge in [-0.05, 0) is 42.8 Å². The number of benzene rings is 2. The highest BCUT2D eigenvalue weighted by molar-refractivity contribution is 6.03. The molecule has 1 aliphatic rings. The molecule has 2 aromatic carbocycles. The second kappa shape index (κ2) is 7.11. The number of methoxy groups -OCH3 is 1. The van der Waals surface area contributed by atoms with Gasteiger partial charge in [-0.3, -0.25) is 4.79 Å². The maximum atomic E-state index is 13.2. The van der Waals surface area contributed by atoms with E-state index in [4.69, 9.17) is 9.15 Å². The minimum Gasteiger partial charge on any atom is -0.497 e. The lowest BCUT2D eigenvalue weighted by molar-refractivity contribution is 0.0710. The summed E-state index contributed by atoms with van der Waals surface area (Å²) in [5.41, 5.74) is 3.50. The maximum Gasteiger partial charge on any atom is 0.274 e. The Hall–Kier alpha value is -3.34. The summed E-state index contributed by atoms with van der Waals surface area (Å²) in [4.78, 5) is 13.2. The molecule has 1 atom stereocenters. The van der Waals surface area contributed by atoms with Gasteiger partial charge in [-0.25, -0.2) is 5.01 Å². The normalized spacial score (nSPS) is 16.3. The van der Waals surface area contributed by atoms with E-state index in [1.54, 1.807) is 36.6 Å². The Kier molecular flexibility index (Phi) is 4.50. The molecule has 1 aromatic heterocycles. The molecular weight excluding hydrogens is 340 g/mol. The van der Waals surface area contributed by atoms with Gasteiger partial charge in [-0.1, -0.05) is 35.9 Å². The molecule has 5 nitrogen and oxygen atoms in total. The lowest BCUT2D eigenvalue weighted by Gasteiger charge is -2.22. The fourth-order valence-corrected chi connectivity index (χ4v) is 3.31. The van der Waals surface area contributed by atoms with Crippen LogP contribution in [-0.4, -0.2) is 23.7 Å². The zero-order valence-electron chi connectivity index (χ0n) is 15.3. The topological polar surface area (TPSA) is 55.0 Å². The lowest BCUT2D eigenvalue weighted by atomic mass is 9.99. The number of carbonyl (C=O) groups is 1. The summed E-state index contributed by atoms with van der Waals surface area (Å²) in [6.45, 7) is 2.04. The van der Waals surface area contributed by atoms with Crippen LogP contribution in [0.2, 0.25) is 0 Å². The average Bonchev–Trinajstić information content (AvgIpc) is 3.37. The quantitative estimate of drug-likeness (QED) is 0.684. The molecule has 5 heteroatoms. The number of hydrazone groups is 1. The SMILES string of the molecule is COc1cccc(C(=O)N2N=C(c3ccco3)CC2c2cccc(C)c2)c1. The third-order valence-electron chi connectivity index (χ3n) is 4.67. The molecule has 0 radical (unpaired) electrons. The third-order valence-corrected chi connectivity index (χ3v) is 4.67. The van der Waals surface area contributed by atoms with Crippen LogP contribution in [0.25, 0.3) is 0 Å². The fourth-order valence-electron chi connectivity index (χ4n) is 3.31. The number of amides is 1. The Morgan fingerprint density at radius 2 is 2.00 bits per heavy atom. The third kappa shape index (κ3) is 3.36. The van der Waals surface area contributed by atoms with Crippen molar-refractivity contribution < 1.29 is 13.9 Å². The van der Waals surface area contributed by atoms with E-state index in [1.807, 2.05) is 43.3 Å². The minimum atomic E-state index is -0.177. The molecule has 3 aromatic rings. The van der Waals surface area contributed by atoms with E-state index >= 15 is 0 Å². The molecule has 1 unspecified atom stereocenters. The zero-order valence-corrected chi connectivity index (χ0v) is 15.3. The van der Waals surface area contributed by atoms with E-state index in [1.165, 1.54) is 0 Å². The number of carbonyl (C=O) groups excluding carboxylic acids is 1. The Bertz CT molecular complexity index is 992. The maximum absolute atomic E-state index is 13.2. The van der Waals surface area contributed by atoms with Crippen LogP contribution >= 0.6 is 0 Å². The van der Waals surface area contributed by atoms with Crippen LogP contribution in [0.5, 0.6) is 5.75 Å². The second-order valence-electron chi connectivity index (χ2n) is 6.54. The van der Waals surface area contributed by atoms with Crippen LogP contribution in [0.3, 0.4) is 0 Å². The first-order valence-electron chi connectivity index (χ1n) is 8.81. The van der Waals surface area contributed by atoms with Crippen molar-refractivity contribution in [3.05, 3.63) is 89.4 Å². The van der Waals surface area contributed by atoms with Crippen molar-refractivity contribution in [3.8, 4) is 5.75 Å². The van der Waals surface area contributed by atoms with E-state index in [9.17, 15) is 4.79 Å². The van der Waals surface area contributed by atoms with E-state index in [0.717, 1.165) is 16.8 Å². The van der Waals surface area contributed by atoms with E-state index < -0.39 is 0 Å². The highest BCUT2D eigenvalue weighted by atomic mass is 16.5. The molecule has 0 bridgehead atoms. The molecule has 4 rings (SSSR count). The van der Waals surface area contributed by atoms with Crippen molar-refractivity contribution in [2.45, 2.75) is 19.4 Å². The first-order chi connectivity index (χ1) is 13.2. The number of rotatable bonds is 4. The zero-order chi connectivity index (χ0) is 18.8. The summed E-state index contributed by atoms with van der Waals surface area (Å²) >= 11 is 0. The molecular formula is C22H20N2O3. The second-order valence-corrected chi connectivity index (χ2v) is 6.54. The van der Waals surface area contributed by atoms with Crippen LogP contribution in [0.1, 0.15) is 39.7 Å². The van der Waals surface area contributed by atoms with Crippen molar-refractivity contribution in [3.63, 3.8) is 0 Å². The van der Waals surface area contributed by atoms with Gasteiger partial charge in [-0.15, -0.1) is 0 Å². The van der Waals surface area contributed by atoms with Gasteiger partial charge >= 0.3 is 0 Å². The van der Waals surface area contributed by atoms with E-state index in [0.29, 0.717) is 23.5 Å². The molecule has 0 fully saturated rings. The number of aryl methyl sites for hydroxylation is 1. The largest absolute Gasteiger partial charge is 0.497 e. The molecule has 27 heavy (non-hydrogen) atoms. The first kappa shape index (κ1) is 17.1. The van der Waals surface area contributed by atoms with Crippen molar-refractivity contribution in [2.24, 2.45) is 5.10 Å². The Morgan fingerprint density at radius 1 is 1.15 bits per heavy atom. The summed E-state index contributed by atoms with van der Waals surface area (Å²) in [7, 11) is 1.59. The summed E-state index contributed by atoms with van der Waals surface area (Å²) in [6.07, 6.45) is 2.22. The summed E-state index contributed by atoms with van der Waals surface area (Å²) in [6, 6.07) is 18.8. The highest BCUT2D eigenvalue weighted by Gasteiger charge is 2.34. The highest BCUT2D eigenvalue weighted by Crippen LogP contribution is 2.34. The van der Waals surface area contributed by atoms with Gasteiger partial charge in [0, 0.05) is 12.0 Å². The molecule has 2 heterocycles. The van der Waals surface area contributed by atoms with Crippen LogP contribution in [0, 0.1) is 6.92 Å².